The SMILES string of the molecule is CC(C)(C)OC(=O)[C@H]1OC2(CCCC2)O[C@]1(C(=O)OC(C)(C)C)[C@H](O)[C@H](OCc1ccccc1)[C@H](/C=C/c1ccccc1)O[Si](C)(C)C(C)(C)C. The van der Waals surface area contributed by atoms with Crippen LogP contribution in [0.2, 0.25) is 18.1 Å². The predicted molar refractivity (Wildman–Crippen MR) is 200 cm³/mol. The first-order valence-corrected chi connectivity index (χ1v) is 21.1. The third-order valence-electron chi connectivity index (χ3n) is 9.66. The molecule has 1 saturated heterocycles. The molecule has 51 heavy (non-hydrogen) atoms. The van der Waals surface area contributed by atoms with Gasteiger partial charge in [0.15, 0.2) is 14.1 Å². The molecule has 2 aromatic carbocycles. The Hall–Kier alpha value is -2.86. The van der Waals surface area contributed by atoms with Gasteiger partial charge in [-0.05, 0) is 83.6 Å². The van der Waals surface area contributed by atoms with Gasteiger partial charge >= 0.3 is 11.9 Å². The highest BCUT2D eigenvalue weighted by atomic mass is 28.4. The second-order valence-corrected chi connectivity index (χ2v) is 22.1. The van der Waals surface area contributed by atoms with Gasteiger partial charge in [-0.15, -0.1) is 0 Å². The van der Waals surface area contributed by atoms with E-state index in [1.165, 1.54) is 0 Å². The fraction of sp³-hybridized carbons (Fsp3) is 0.610. The number of carbonyl (C=O) groups is 2. The van der Waals surface area contributed by atoms with E-state index in [9.17, 15) is 14.7 Å². The van der Waals surface area contributed by atoms with Crippen molar-refractivity contribution in [1.82, 2.24) is 0 Å². The van der Waals surface area contributed by atoms with Crippen molar-refractivity contribution in [3.8, 4) is 0 Å². The fourth-order valence-electron chi connectivity index (χ4n) is 6.12. The molecule has 1 saturated carbocycles. The molecular weight excluding hydrogens is 665 g/mol. The summed E-state index contributed by atoms with van der Waals surface area (Å²) in [5, 5.41) is 12.8. The standard InChI is InChI=1S/C41H60O9Si/c1-37(2,3)47-35(43)34-41(36(44)48-38(4,5)6,50-40(46-34)26-18-19-27-40)33(42)32(45-28-30-22-16-13-17-23-30)31(49-51(10,11)39(7,8)9)25-24-29-20-14-12-15-21-29/h12-17,20-25,31-34,42H,18-19,26-28H2,1-11H3/b25-24+/t31-,32+,33+,34+,41+/m0/s1. The summed E-state index contributed by atoms with van der Waals surface area (Å²) in [5.74, 6) is -3.08. The van der Waals surface area contributed by atoms with Gasteiger partial charge in [0.25, 0.3) is 0 Å². The lowest BCUT2D eigenvalue weighted by Gasteiger charge is -2.44. The zero-order chi connectivity index (χ0) is 37.9. The van der Waals surface area contributed by atoms with Crippen molar-refractivity contribution in [2.75, 3.05) is 0 Å². The van der Waals surface area contributed by atoms with Crippen LogP contribution < -0.4 is 0 Å². The molecule has 2 fully saturated rings. The van der Waals surface area contributed by atoms with Gasteiger partial charge < -0.3 is 33.2 Å². The average Bonchev–Trinajstić information content (AvgIpc) is 3.63. The van der Waals surface area contributed by atoms with Gasteiger partial charge in [0.05, 0.1) is 12.7 Å². The molecule has 0 unspecified atom stereocenters. The first kappa shape index (κ1) is 40.9. The van der Waals surface area contributed by atoms with E-state index in [1.807, 2.05) is 72.8 Å². The molecule has 4 rings (SSSR count). The van der Waals surface area contributed by atoms with Crippen molar-refractivity contribution in [3.05, 3.63) is 77.9 Å². The second-order valence-electron chi connectivity index (χ2n) is 17.4. The normalized spacial score (nSPS) is 22.9. The predicted octanol–water partition coefficient (Wildman–Crippen LogP) is 8.14. The Morgan fingerprint density at radius 1 is 0.882 bits per heavy atom. The maximum atomic E-state index is 14.8. The summed E-state index contributed by atoms with van der Waals surface area (Å²) in [6.07, 6.45) is 0.537. The molecule has 0 amide bonds. The van der Waals surface area contributed by atoms with Crippen molar-refractivity contribution in [3.63, 3.8) is 0 Å². The number of benzene rings is 2. The number of esters is 2. The summed E-state index contributed by atoms with van der Waals surface area (Å²) in [6, 6.07) is 19.3. The highest BCUT2D eigenvalue weighted by Crippen LogP contribution is 2.50. The van der Waals surface area contributed by atoms with Crippen LogP contribution in [0.3, 0.4) is 0 Å². The van der Waals surface area contributed by atoms with Crippen LogP contribution in [0.25, 0.3) is 6.08 Å². The van der Waals surface area contributed by atoms with Gasteiger partial charge in [-0.3, -0.25) is 0 Å². The molecule has 1 spiro atoms. The maximum absolute atomic E-state index is 14.8. The minimum atomic E-state index is -2.58. The number of carbonyl (C=O) groups excluding carboxylic acids is 2. The zero-order valence-corrected chi connectivity index (χ0v) is 33.5. The van der Waals surface area contributed by atoms with Crippen LogP contribution in [0.15, 0.2) is 66.7 Å². The molecule has 2 aromatic rings. The third-order valence-corrected chi connectivity index (χ3v) is 14.1. The van der Waals surface area contributed by atoms with Crippen LogP contribution in [0.5, 0.6) is 0 Å². The molecule has 9 nitrogen and oxygen atoms in total. The van der Waals surface area contributed by atoms with Crippen LogP contribution in [0, 0.1) is 0 Å². The van der Waals surface area contributed by atoms with Gasteiger partial charge in [0.1, 0.15) is 23.4 Å². The second kappa shape index (κ2) is 15.6. The number of hydrogen-bond acceptors (Lipinski definition) is 9. The maximum Gasteiger partial charge on any atom is 0.345 e. The number of aliphatic hydroxyl groups is 1. The number of rotatable bonds is 12. The molecule has 0 radical (unpaired) electrons. The summed E-state index contributed by atoms with van der Waals surface area (Å²) in [7, 11) is -2.58. The number of hydrogen-bond donors (Lipinski definition) is 1. The quantitative estimate of drug-likeness (QED) is 0.171. The molecule has 1 heterocycles. The minimum Gasteiger partial charge on any atom is -0.458 e. The van der Waals surface area contributed by atoms with E-state index in [2.05, 4.69) is 33.9 Å². The highest BCUT2D eigenvalue weighted by Gasteiger charge is 2.71. The van der Waals surface area contributed by atoms with Gasteiger partial charge in [0.2, 0.25) is 11.7 Å². The fourth-order valence-corrected chi connectivity index (χ4v) is 7.37. The van der Waals surface area contributed by atoms with Crippen molar-refractivity contribution in [2.45, 2.75) is 160 Å². The van der Waals surface area contributed by atoms with E-state index < -0.39 is 67.3 Å². The number of ether oxygens (including phenoxy) is 5. The van der Waals surface area contributed by atoms with Crippen LogP contribution in [-0.4, -0.2) is 72.4 Å². The summed E-state index contributed by atoms with van der Waals surface area (Å²) in [4.78, 5) is 29.0. The Labute approximate surface area is 306 Å². The van der Waals surface area contributed by atoms with E-state index in [1.54, 1.807) is 41.5 Å². The minimum absolute atomic E-state index is 0.0760. The molecule has 282 valence electrons. The molecule has 10 heteroatoms. The molecule has 1 aliphatic heterocycles. The van der Waals surface area contributed by atoms with Gasteiger partial charge in [-0.25, -0.2) is 9.59 Å². The van der Waals surface area contributed by atoms with Crippen molar-refractivity contribution < 1.29 is 42.8 Å². The van der Waals surface area contributed by atoms with Gasteiger partial charge in [-0.1, -0.05) is 93.6 Å². The molecular formula is C41H60O9Si. The first-order chi connectivity index (χ1) is 23.6. The third kappa shape index (κ3) is 10.2. The summed E-state index contributed by atoms with van der Waals surface area (Å²) < 4.78 is 38.9. The van der Waals surface area contributed by atoms with Crippen molar-refractivity contribution in [2.24, 2.45) is 0 Å². The lowest BCUT2D eigenvalue weighted by Crippen LogP contribution is -2.67. The molecule has 1 N–H and O–H groups in total. The molecule has 5 atom stereocenters. The van der Waals surface area contributed by atoms with Crippen LogP contribution in [-0.2, 0) is 44.3 Å². The van der Waals surface area contributed by atoms with Crippen molar-refractivity contribution in [1.29, 1.82) is 0 Å². The molecule has 0 bridgehead atoms. The largest absolute Gasteiger partial charge is 0.458 e. The Kier molecular flexibility index (Phi) is 12.5. The van der Waals surface area contributed by atoms with E-state index in [4.69, 9.17) is 28.1 Å². The van der Waals surface area contributed by atoms with Crippen LogP contribution >= 0.6 is 0 Å². The van der Waals surface area contributed by atoms with Gasteiger partial charge in [0, 0.05) is 12.8 Å². The monoisotopic (exact) mass is 724 g/mol. The Bertz CT molecular complexity index is 1480. The summed E-state index contributed by atoms with van der Waals surface area (Å²) in [6.45, 7) is 21.1. The first-order valence-electron chi connectivity index (χ1n) is 18.2. The Morgan fingerprint density at radius 2 is 1.43 bits per heavy atom. The summed E-state index contributed by atoms with van der Waals surface area (Å²) >= 11 is 0. The Morgan fingerprint density at radius 3 is 1.96 bits per heavy atom. The van der Waals surface area contributed by atoms with Crippen LogP contribution in [0.4, 0.5) is 0 Å². The topological polar surface area (TPSA) is 110 Å². The number of aliphatic hydroxyl groups excluding tert-OH is 1. The van der Waals surface area contributed by atoms with E-state index in [-0.39, 0.29) is 11.6 Å². The van der Waals surface area contributed by atoms with E-state index in [0.29, 0.717) is 12.8 Å². The smallest absolute Gasteiger partial charge is 0.345 e. The zero-order valence-electron chi connectivity index (χ0n) is 32.5. The highest BCUT2D eigenvalue weighted by molar-refractivity contribution is 6.74. The van der Waals surface area contributed by atoms with E-state index >= 15 is 0 Å². The van der Waals surface area contributed by atoms with Gasteiger partial charge in [-0.2, -0.15) is 0 Å². The lowest BCUT2D eigenvalue weighted by atomic mass is 9.84. The Balaban J connectivity index is 1.95. The molecule has 0 aromatic heterocycles. The molecule has 1 aliphatic carbocycles. The van der Waals surface area contributed by atoms with E-state index in [0.717, 1.165) is 24.0 Å². The lowest BCUT2D eigenvalue weighted by molar-refractivity contribution is -0.238. The van der Waals surface area contributed by atoms with Crippen molar-refractivity contribution >= 4 is 26.3 Å². The molecule has 2 aliphatic rings. The summed E-state index contributed by atoms with van der Waals surface area (Å²) in [5.41, 5.74) is -2.53. The van der Waals surface area contributed by atoms with Crippen LogP contribution in [0.1, 0.15) is 99.1 Å². The average molecular weight is 725 g/mol.